The maximum atomic E-state index is 12.5. The predicted octanol–water partition coefficient (Wildman–Crippen LogP) is 2.75. The van der Waals surface area contributed by atoms with Gasteiger partial charge in [-0.1, -0.05) is 6.07 Å². The van der Waals surface area contributed by atoms with Crippen LogP contribution in [0.5, 0.6) is 0 Å². The normalized spacial score (nSPS) is 15.8. The molecule has 1 aromatic rings. The summed E-state index contributed by atoms with van der Waals surface area (Å²) in [6, 6.07) is 3.77. The average molecular weight is 233 g/mol. The van der Waals surface area contributed by atoms with Gasteiger partial charge in [0.05, 0.1) is 17.0 Å². The van der Waals surface area contributed by atoms with E-state index in [-0.39, 0.29) is 22.2 Å². The largest absolute Gasteiger partial charge is 0.417 e. The molecule has 0 spiro atoms. The van der Waals surface area contributed by atoms with Crippen LogP contribution in [0.4, 0.5) is 18.9 Å². The van der Waals surface area contributed by atoms with Crippen molar-refractivity contribution in [1.82, 2.24) is 0 Å². The fraction of sp³-hybridized carbons (Fsp3) is 0.222. The maximum Gasteiger partial charge on any atom is 0.417 e. The Balaban J connectivity index is 2.51. The number of nitrogens with one attached hydrogen (secondary N) is 1. The zero-order valence-corrected chi connectivity index (χ0v) is 8.21. The van der Waals surface area contributed by atoms with Gasteiger partial charge in [-0.3, -0.25) is 4.79 Å². The number of alkyl halides is 3. The number of thioether (sulfide) groups is 1. The van der Waals surface area contributed by atoms with Crippen molar-refractivity contribution in [2.24, 2.45) is 0 Å². The molecule has 0 radical (unpaired) electrons. The van der Waals surface area contributed by atoms with E-state index in [0.717, 1.165) is 17.8 Å². The summed E-state index contributed by atoms with van der Waals surface area (Å²) in [4.78, 5) is 11.1. The number of rotatable bonds is 0. The molecule has 1 amide bonds. The van der Waals surface area contributed by atoms with E-state index in [1.807, 2.05) is 0 Å². The van der Waals surface area contributed by atoms with Crippen LogP contribution >= 0.6 is 11.8 Å². The van der Waals surface area contributed by atoms with Crippen LogP contribution in [-0.2, 0) is 11.0 Å². The number of anilines is 1. The topological polar surface area (TPSA) is 29.1 Å². The fourth-order valence-electron chi connectivity index (χ4n) is 1.34. The van der Waals surface area contributed by atoms with E-state index in [1.54, 1.807) is 0 Å². The molecule has 1 aromatic carbocycles. The van der Waals surface area contributed by atoms with Crippen LogP contribution in [0.1, 0.15) is 5.56 Å². The van der Waals surface area contributed by atoms with E-state index in [1.165, 1.54) is 12.1 Å². The van der Waals surface area contributed by atoms with Gasteiger partial charge in [0.2, 0.25) is 5.91 Å². The predicted molar refractivity (Wildman–Crippen MR) is 50.8 cm³/mol. The Labute approximate surface area is 87.9 Å². The minimum absolute atomic E-state index is 0.0279. The first-order valence-corrected chi connectivity index (χ1v) is 5.10. The third kappa shape index (κ3) is 1.94. The van der Waals surface area contributed by atoms with Gasteiger partial charge in [0.15, 0.2) is 0 Å². The summed E-state index contributed by atoms with van der Waals surface area (Å²) >= 11 is 0.918. The molecule has 0 aliphatic carbocycles. The zero-order valence-electron chi connectivity index (χ0n) is 7.39. The van der Waals surface area contributed by atoms with Crippen molar-refractivity contribution in [3.63, 3.8) is 0 Å². The molecule has 6 heteroatoms. The van der Waals surface area contributed by atoms with E-state index in [4.69, 9.17) is 0 Å². The lowest BCUT2D eigenvalue weighted by atomic mass is 10.2. The minimum atomic E-state index is -4.37. The van der Waals surface area contributed by atoms with Crippen LogP contribution < -0.4 is 5.32 Å². The number of halogens is 3. The quantitative estimate of drug-likeness (QED) is 0.746. The number of benzene rings is 1. The van der Waals surface area contributed by atoms with Gasteiger partial charge in [-0.15, -0.1) is 11.8 Å². The Kier molecular flexibility index (Phi) is 2.38. The Morgan fingerprint density at radius 1 is 1.33 bits per heavy atom. The van der Waals surface area contributed by atoms with Crippen molar-refractivity contribution >= 4 is 23.4 Å². The van der Waals surface area contributed by atoms with Gasteiger partial charge in [-0.2, -0.15) is 13.2 Å². The van der Waals surface area contributed by atoms with Crippen LogP contribution in [-0.4, -0.2) is 11.7 Å². The lowest BCUT2D eigenvalue weighted by Crippen LogP contribution is -2.21. The smallest absolute Gasteiger partial charge is 0.324 e. The van der Waals surface area contributed by atoms with Gasteiger partial charge in [0, 0.05) is 4.90 Å². The summed E-state index contributed by atoms with van der Waals surface area (Å²) in [5.74, 6) is -0.244. The molecule has 0 saturated carbocycles. The Hall–Kier alpha value is -1.17. The van der Waals surface area contributed by atoms with E-state index in [2.05, 4.69) is 5.32 Å². The second-order valence-electron chi connectivity index (χ2n) is 3.02. The number of carbonyl (C=O) groups excluding carboxylic acids is 1. The zero-order chi connectivity index (χ0) is 11.1. The van der Waals surface area contributed by atoms with Crippen molar-refractivity contribution in [2.75, 3.05) is 11.1 Å². The van der Waals surface area contributed by atoms with Crippen molar-refractivity contribution in [3.8, 4) is 0 Å². The van der Waals surface area contributed by atoms with Crippen LogP contribution in [0.15, 0.2) is 23.1 Å². The summed E-state index contributed by atoms with van der Waals surface area (Å²) in [5, 5.41) is 2.41. The second kappa shape index (κ2) is 3.44. The lowest BCUT2D eigenvalue weighted by molar-refractivity contribution is -0.139. The van der Waals surface area contributed by atoms with Gasteiger partial charge in [0.1, 0.15) is 0 Å². The van der Waals surface area contributed by atoms with Crippen molar-refractivity contribution in [2.45, 2.75) is 11.1 Å². The van der Waals surface area contributed by atoms with Crippen LogP contribution in [0.2, 0.25) is 0 Å². The van der Waals surface area contributed by atoms with Gasteiger partial charge in [-0.05, 0) is 12.1 Å². The SMILES string of the molecule is O=C1CSc2c(cccc2C(F)(F)F)N1. The molecule has 1 aliphatic heterocycles. The third-order valence-corrected chi connectivity index (χ3v) is 3.08. The molecule has 2 rings (SSSR count). The molecule has 0 bridgehead atoms. The molecular formula is C9H6F3NOS. The van der Waals surface area contributed by atoms with E-state index in [0.29, 0.717) is 0 Å². The molecule has 0 saturated heterocycles. The molecule has 0 atom stereocenters. The number of carbonyl (C=O) groups is 1. The molecule has 2 nitrogen and oxygen atoms in total. The maximum absolute atomic E-state index is 12.5. The van der Waals surface area contributed by atoms with Crippen LogP contribution in [0, 0.1) is 0 Å². The summed E-state index contributed by atoms with van der Waals surface area (Å²) in [5.41, 5.74) is -0.448. The monoisotopic (exact) mass is 233 g/mol. The van der Waals surface area contributed by atoms with Gasteiger partial charge >= 0.3 is 6.18 Å². The first kappa shape index (κ1) is 10.4. The summed E-state index contributed by atoms with van der Waals surface area (Å²) in [6.45, 7) is 0. The molecule has 1 heterocycles. The highest BCUT2D eigenvalue weighted by molar-refractivity contribution is 8.00. The average Bonchev–Trinajstić information content (AvgIpc) is 2.15. The van der Waals surface area contributed by atoms with Crippen LogP contribution in [0.3, 0.4) is 0 Å². The van der Waals surface area contributed by atoms with Crippen molar-refractivity contribution in [3.05, 3.63) is 23.8 Å². The second-order valence-corrected chi connectivity index (χ2v) is 4.00. The van der Waals surface area contributed by atoms with Gasteiger partial charge in [-0.25, -0.2) is 0 Å². The number of hydrogen-bond acceptors (Lipinski definition) is 2. The molecule has 80 valence electrons. The van der Waals surface area contributed by atoms with Crippen molar-refractivity contribution < 1.29 is 18.0 Å². The molecule has 0 fully saturated rings. The standard InChI is InChI=1S/C9H6F3NOS/c10-9(11,12)5-2-1-3-6-8(5)15-4-7(14)13-6/h1-3H,4H2,(H,13,14). The molecule has 0 unspecified atom stereocenters. The first-order chi connectivity index (χ1) is 6.98. The van der Waals surface area contributed by atoms with Crippen LogP contribution in [0.25, 0.3) is 0 Å². The summed E-state index contributed by atoms with van der Waals surface area (Å²) in [6.07, 6.45) is -4.37. The number of amides is 1. The molecule has 15 heavy (non-hydrogen) atoms. The van der Waals surface area contributed by atoms with Crippen molar-refractivity contribution in [1.29, 1.82) is 0 Å². The number of hydrogen-bond donors (Lipinski definition) is 1. The molecule has 1 N–H and O–H groups in total. The summed E-state index contributed by atoms with van der Waals surface area (Å²) < 4.78 is 37.6. The Bertz CT molecular complexity index is 416. The molecular weight excluding hydrogens is 227 g/mol. The highest BCUT2D eigenvalue weighted by atomic mass is 32.2. The minimum Gasteiger partial charge on any atom is -0.324 e. The van der Waals surface area contributed by atoms with Gasteiger partial charge in [0.25, 0.3) is 0 Å². The molecule has 1 aliphatic rings. The first-order valence-electron chi connectivity index (χ1n) is 4.11. The lowest BCUT2D eigenvalue weighted by Gasteiger charge is -2.20. The fourth-order valence-corrected chi connectivity index (χ4v) is 2.30. The van der Waals surface area contributed by atoms with Gasteiger partial charge < -0.3 is 5.32 Å². The van der Waals surface area contributed by atoms with E-state index >= 15 is 0 Å². The molecule has 0 aromatic heterocycles. The third-order valence-electron chi connectivity index (χ3n) is 1.94. The highest BCUT2D eigenvalue weighted by Gasteiger charge is 2.35. The highest BCUT2D eigenvalue weighted by Crippen LogP contribution is 2.42. The van der Waals surface area contributed by atoms with E-state index < -0.39 is 11.7 Å². The Morgan fingerprint density at radius 2 is 2.07 bits per heavy atom. The summed E-state index contributed by atoms with van der Waals surface area (Å²) in [7, 11) is 0. The Morgan fingerprint density at radius 3 is 2.73 bits per heavy atom. The van der Waals surface area contributed by atoms with E-state index in [9.17, 15) is 18.0 Å². The number of fused-ring (bicyclic) bond motifs is 1.